The van der Waals surface area contributed by atoms with Crippen LogP contribution in [0.25, 0.3) is 0 Å². The van der Waals surface area contributed by atoms with Crippen molar-refractivity contribution in [1.82, 2.24) is 10.3 Å². The first-order valence-electron chi connectivity index (χ1n) is 7.42. The molecule has 1 N–H and O–H groups in total. The molecule has 0 atom stereocenters. The van der Waals surface area contributed by atoms with Gasteiger partial charge in [-0.2, -0.15) is 0 Å². The predicted octanol–water partition coefficient (Wildman–Crippen LogP) is 1.73. The third-order valence-corrected chi connectivity index (χ3v) is 5.66. The van der Waals surface area contributed by atoms with Gasteiger partial charge in [0.15, 0.2) is 0 Å². The van der Waals surface area contributed by atoms with E-state index in [1.807, 2.05) is 0 Å². The molecule has 0 radical (unpaired) electrons. The molecule has 1 aromatic carbocycles. The van der Waals surface area contributed by atoms with Gasteiger partial charge in [-0.05, 0) is 30.3 Å². The molecule has 0 unspecified atom stereocenters. The number of amides is 2. The molecule has 25 heavy (non-hydrogen) atoms. The third-order valence-electron chi connectivity index (χ3n) is 3.66. The number of nitrogens with one attached hydrogen (secondary N) is 1. The summed E-state index contributed by atoms with van der Waals surface area (Å²) >= 11 is 6.05. The third kappa shape index (κ3) is 3.64. The maximum absolute atomic E-state index is 12.3. The van der Waals surface area contributed by atoms with E-state index in [0.29, 0.717) is 10.00 Å². The van der Waals surface area contributed by atoms with Crippen LogP contribution in [0.5, 0.6) is 0 Å². The van der Waals surface area contributed by atoms with E-state index in [0.717, 1.165) is 0 Å². The Morgan fingerprint density at radius 3 is 2.72 bits per heavy atom. The molecule has 2 amide bonds. The summed E-state index contributed by atoms with van der Waals surface area (Å²) in [6, 6.07) is 9.50. The summed E-state index contributed by atoms with van der Waals surface area (Å²) in [5, 5.41) is 2.77. The minimum Gasteiger partial charge on any atom is -0.346 e. The minimum absolute atomic E-state index is 0.00495. The Morgan fingerprint density at radius 1 is 1.28 bits per heavy atom. The highest BCUT2D eigenvalue weighted by atomic mass is 35.5. The molecular weight excluding hydrogens is 366 g/mol. The van der Waals surface area contributed by atoms with Crippen LogP contribution in [0.4, 0.5) is 5.69 Å². The number of halogens is 1. The average Bonchev–Trinajstić information content (AvgIpc) is 2.87. The quantitative estimate of drug-likeness (QED) is 0.872. The molecule has 130 valence electrons. The molecule has 2 heterocycles. The van der Waals surface area contributed by atoms with Crippen LogP contribution in [0.15, 0.2) is 42.6 Å². The second-order valence-corrected chi connectivity index (χ2v) is 7.74. The van der Waals surface area contributed by atoms with Crippen LogP contribution in [-0.4, -0.2) is 31.0 Å². The molecule has 0 saturated carbocycles. The molecule has 9 heteroatoms. The first-order valence-corrected chi connectivity index (χ1v) is 9.41. The Labute approximate surface area is 149 Å². The van der Waals surface area contributed by atoms with Gasteiger partial charge in [0, 0.05) is 18.2 Å². The summed E-state index contributed by atoms with van der Waals surface area (Å²) in [5.41, 5.74) is 0.877. The number of sulfonamides is 1. The van der Waals surface area contributed by atoms with E-state index >= 15 is 0 Å². The average molecular weight is 380 g/mol. The summed E-state index contributed by atoms with van der Waals surface area (Å²) in [6.45, 7) is 0.221. The fourth-order valence-corrected chi connectivity index (χ4v) is 4.15. The van der Waals surface area contributed by atoms with E-state index in [1.54, 1.807) is 24.4 Å². The van der Waals surface area contributed by atoms with E-state index in [1.165, 1.54) is 18.2 Å². The molecule has 0 bridgehead atoms. The van der Waals surface area contributed by atoms with Gasteiger partial charge >= 0.3 is 0 Å². The number of hydrogen-bond donors (Lipinski definition) is 1. The molecule has 1 aliphatic rings. The lowest BCUT2D eigenvalue weighted by atomic mass is 10.1. The molecule has 1 aliphatic heterocycles. The van der Waals surface area contributed by atoms with Crippen LogP contribution in [-0.2, 0) is 21.4 Å². The number of carbonyl (C=O) groups excluding carboxylic acids is 2. The predicted molar refractivity (Wildman–Crippen MR) is 92.7 cm³/mol. The molecule has 7 nitrogen and oxygen atoms in total. The van der Waals surface area contributed by atoms with Crippen molar-refractivity contribution >= 4 is 39.1 Å². The standard InChI is InChI=1S/C16H14ClN3O4S/c17-13-5-4-11(16(22)19-10-12-3-1-2-7-18-12)9-14(13)20-15(21)6-8-25(20,23)24/h1-5,7,9H,6,8,10H2,(H,19,22). The van der Waals surface area contributed by atoms with E-state index < -0.39 is 21.8 Å². The summed E-state index contributed by atoms with van der Waals surface area (Å²) in [4.78, 5) is 28.3. The van der Waals surface area contributed by atoms with Gasteiger partial charge in [0.05, 0.1) is 28.7 Å². The van der Waals surface area contributed by atoms with Crippen LogP contribution in [0.3, 0.4) is 0 Å². The van der Waals surface area contributed by atoms with E-state index in [9.17, 15) is 18.0 Å². The van der Waals surface area contributed by atoms with Crippen LogP contribution in [0.1, 0.15) is 22.5 Å². The summed E-state index contributed by atoms with van der Waals surface area (Å²) < 4.78 is 24.8. The van der Waals surface area contributed by atoms with Gasteiger partial charge < -0.3 is 5.32 Å². The summed E-state index contributed by atoms with van der Waals surface area (Å²) in [5.74, 6) is -1.25. The summed E-state index contributed by atoms with van der Waals surface area (Å²) in [6.07, 6.45) is 1.51. The maximum Gasteiger partial charge on any atom is 0.251 e. The van der Waals surface area contributed by atoms with Gasteiger partial charge in [0.2, 0.25) is 15.9 Å². The molecule has 2 aromatic rings. The zero-order valence-electron chi connectivity index (χ0n) is 13.0. The molecule has 0 spiro atoms. The topological polar surface area (TPSA) is 96.4 Å². The number of rotatable bonds is 4. The Kier molecular flexibility index (Phi) is 4.73. The smallest absolute Gasteiger partial charge is 0.251 e. The van der Waals surface area contributed by atoms with Gasteiger partial charge in [-0.15, -0.1) is 0 Å². The first kappa shape index (κ1) is 17.4. The van der Waals surface area contributed by atoms with E-state index in [2.05, 4.69) is 10.3 Å². The van der Waals surface area contributed by atoms with Gasteiger partial charge in [-0.1, -0.05) is 17.7 Å². The van der Waals surface area contributed by atoms with Crippen LogP contribution >= 0.6 is 11.6 Å². The van der Waals surface area contributed by atoms with Crippen molar-refractivity contribution in [2.24, 2.45) is 0 Å². The Morgan fingerprint density at radius 2 is 2.08 bits per heavy atom. The lowest BCUT2D eigenvalue weighted by molar-refractivity contribution is -0.116. The Hall–Kier alpha value is -2.45. The highest BCUT2D eigenvalue weighted by Gasteiger charge is 2.37. The Bertz CT molecular complexity index is 932. The number of nitrogens with zero attached hydrogens (tertiary/aromatic N) is 2. The fraction of sp³-hybridized carbons (Fsp3) is 0.188. The van der Waals surface area contributed by atoms with Crippen molar-refractivity contribution in [3.8, 4) is 0 Å². The van der Waals surface area contributed by atoms with Crippen molar-refractivity contribution in [1.29, 1.82) is 0 Å². The highest BCUT2D eigenvalue weighted by molar-refractivity contribution is 7.94. The monoisotopic (exact) mass is 379 g/mol. The fourth-order valence-electron chi connectivity index (χ4n) is 2.43. The van der Waals surface area contributed by atoms with E-state index in [-0.39, 0.29) is 35.0 Å². The number of aromatic nitrogens is 1. The van der Waals surface area contributed by atoms with Gasteiger partial charge in [-0.3, -0.25) is 14.6 Å². The highest BCUT2D eigenvalue weighted by Crippen LogP contribution is 2.32. The van der Waals surface area contributed by atoms with Crippen molar-refractivity contribution < 1.29 is 18.0 Å². The van der Waals surface area contributed by atoms with Gasteiger partial charge in [0.1, 0.15) is 0 Å². The zero-order valence-corrected chi connectivity index (χ0v) is 14.5. The number of anilines is 1. The van der Waals surface area contributed by atoms with Crippen molar-refractivity contribution in [2.45, 2.75) is 13.0 Å². The lowest BCUT2D eigenvalue weighted by Crippen LogP contribution is -2.30. The number of carbonyl (C=O) groups is 2. The van der Waals surface area contributed by atoms with Gasteiger partial charge in [0.25, 0.3) is 5.91 Å². The SMILES string of the molecule is O=C(NCc1ccccn1)c1ccc(Cl)c(N2C(=O)CCS2(=O)=O)c1. The maximum atomic E-state index is 12.3. The molecule has 1 fully saturated rings. The second-order valence-electron chi connectivity index (χ2n) is 5.39. The number of hydrogen-bond acceptors (Lipinski definition) is 5. The Balaban J connectivity index is 1.84. The normalized spacial score (nSPS) is 16.0. The minimum atomic E-state index is -3.75. The molecule has 3 rings (SSSR count). The molecular formula is C16H14ClN3O4S. The van der Waals surface area contributed by atoms with Crippen molar-refractivity contribution in [3.63, 3.8) is 0 Å². The molecule has 1 aromatic heterocycles. The molecule has 0 aliphatic carbocycles. The van der Waals surface area contributed by atoms with Crippen LogP contribution in [0, 0.1) is 0 Å². The number of benzene rings is 1. The van der Waals surface area contributed by atoms with Crippen LogP contribution in [0.2, 0.25) is 5.02 Å². The van der Waals surface area contributed by atoms with Gasteiger partial charge in [-0.25, -0.2) is 12.7 Å². The number of pyridine rings is 1. The first-order chi connectivity index (χ1) is 11.9. The van der Waals surface area contributed by atoms with Crippen LogP contribution < -0.4 is 9.62 Å². The zero-order chi connectivity index (χ0) is 18.0. The summed E-state index contributed by atoms with van der Waals surface area (Å²) in [7, 11) is -3.75. The second kappa shape index (κ2) is 6.81. The molecule has 1 saturated heterocycles. The lowest BCUT2D eigenvalue weighted by Gasteiger charge is -2.17. The van der Waals surface area contributed by atoms with E-state index in [4.69, 9.17) is 11.6 Å². The largest absolute Gasteiger partial charge is 0.346 e. The van der Waals surface area contributed by atoms with Crippen molar-refractivity contribution in [3.05, 3.63) is 58.9 Å². The van der Waals surface area contributed by atoms with Crippen molar-refractivity contribution in [2.75, 3.05) is 10.1 Å².